The van der Waals surface area contributed by atoms with Crippen molar-refractivity contribution in [3.8, 4) is 5.75 Å². The maximum atomic E-state index is 12.8. The van der Waals surface area contributed by atoms with Gasteiger partial charge in [-0.05, 0) is 6.07 Å². The number of rotatable bonds is 2. The van der Waals surface area contributed by atoms with Gasteiger partial charge < -0.3 is 9.68 Å². The fraction of sp³-hybridized carbons (Fsp3) is 0. The number of nitrogens with zero attached hydrogens (tertiary/aromatic N) is 1. The molecule has 1 N–H and O–H groups in total. The van der Waals surface area contributed by atoms with Gasteiger partial charge in [-0.15, -0.1) is 0 Å². The molecule has 3 nitrogen and oxygen atoms in total. The van der Waals surface area contributed by atoms with E-state index in [0.29, 0.717) is 0 Å². The summed E-state index contributed by atoms with van der Waals surface area (Å²) in [6, 6.07) is 1.28. The van der Waals surface area contributed by atoms with E-state index in [-0.39, 0.29) is 10.9 Å². The maximum Gasteiger partial charge on any atom is 0.504 e. The molecule has 58 valence electrons. The Kier molecular flexibility index (Phi) is 2.67. The Morgan fingerprint density at radius 1 is 1.73 bits per heavy atom. The lowest BCUT2D eigenvalue weighted by molar-refractivity contribution is 0.430. The zero-order valence-corrected chi connectivity index (χ0v) is 6.18. The molecule has 0 aromatic carbocycles. The zero-order valence-electron chi connectivity index (χ0n) is 5.42. The van der Waals surface area contributed by atoms with E-state index >= 15 is 0 Å². The molecule has 0 saturated carbocycles. The van der Waals surface area contributed by atoms with Gasteiger partial charge in [-0.1, -0.05) is 11.6 Å². The molecule has 0 saturated heterocycles. The SMILES string of the molecule is OBOc1ccnc(Cl)c1F. The summed E-state index contributed by atoms with van der Waals surface area (Å²) in [7, 11) is -0.586. The predicted molar refractivity (Wildman–Crippen MR) is 39.2 cm³/mol. The van der Waals surface area contributed by atoms with Crippen LogP contribution >= 0.6 is 11.6 Å². The van der Waals surface area contributed by atoms with Gasteiger partial charge >= 0.3 is 7.69 Å². The van der Waals surface area contributed by atoms with Crippen molar-refractivity contribution in [2.45, 2.75) is 0 Å². The van der Waals surface area contributed by atoms with Crippen molar-refractivity contribution in [3.63, 3.8) is 0 Å². The molecule has 0 aliphatic heterocycles. The van der Waals surface area contributed by atoms with Gasteiger partial charge in [0.15, 0.2) is 5.15 Å². The number of hydrogen-bond acceptors (Lipinski definition) is 3. The van der Waals surface area contributed by atoms with Crippen molar-refractivity contribution in [1.29, 1.82) is 0 Å². The van der Waals surface area contributed by atoms with Gasteiger partial charge in [0, 0.05) is 6.20 Å². The summed E-state index contributed by atoms with van der Waals surface area (Å²) in [6.07, 6.45) is 1.29. The van der Waals surface area contributed by atoms with Crippen LogP contribution in [-0.2, 0) is 0 Å². The van der Waals surface area contributed by atoms with Crippen molar-refractivity contribution in [1.82, 2.24) is 4.98 Å². The fourth-order valence-electron chi connectivity index (χ4n) is 0.583. The van der Waals surface area contributed by atoms with Crippen molar-refractivity contribution in [3.05, 3.63) is 23.2 Å². The molecule has 6 heteroatoms. The molecule has 0 spiro atoms. The Balaban J connectivity index is 2.96. The molecule has 0 bridgehead atoms. The van der Waals surface area contributed by atoms with Crippen LogP contribution in [0.3, 0.4) is 0 Å². The minimum Gasteiger partial charge on any atom is -0.537 e. The predicted octanol–water partition coefficient (Wildman–Crippen LogP) is 0.512. The Hall–Kier alpha value is -0.805. The van der Waals surface area contributed by atoms with E-state index in [1.54, 1.807) is 0 Å². The first-order valence-corrected chi connectivity index (χ1v) is 3.17. The first-order chi connectivity index (χ1) is 5.25. The van der Waals surface area contributed by atoms with Gasteiger partial charge in [0.25, 0.3) is 0 Å². The minimum atomic E-state index is -0.761. The highest BCUT2D eigenvalue weighted by Gasteiger charge is 2.07. The Labute approximate surface area is 68.1 Å². The van der Waals surface area contributed by atoms with E-state index in [1.165, 1.54) is 12.3 Å². The van der Waals surface area contributed by atoms with Gasteiger partial charge in [-0.25, -0.2) is 4.98 Å². The molecule has 0 aliphatic carbocycles. The molecule has 0 atom stereocenters. The van der Waals surface area contributed by atoms with Gasteiger partial charge in [0.2, 0.25) is 5.82 Å². The van der Waals surface area contributed by atoms with Crippen molar-refractivity contribution >= 4 is 19.3 Å². The largest absolute Gasteiger partial charge is 0.537 e. The lowest BCUT2D eigenvalue weighted by Gasteiger charge is -2.02. The van der Waals surface area contributed by atoms with Gasteiger partial charge in [-0.3, -0.25) is 0 Å². The number of aromatic nitrogens is 1. The number of hydrogen-bond donors (Lipinski definition) is 1. The van der Waals surface area contributed by atoms with Crippen LogP contribution < -0.4 is 4.65 Å². The highest BCUT2D eigenvalue weighted by molar-refractivity contribution is 6.29. The number of halogens is 2. The van der Waals surface area contributed by atoms with Crippen molar-refractivity contribution in [2.24, 2.45) is 0 Å². The van der Waals surface area contributed by atoms with Gasteiger partial charge in [0.05, 0.1) is 0 Å². The van der Waals surface area contributed by atoms with Crippen LogP contribution in [0.2, 0.25) is 5.15 Å². The molecule has 11 heavy (non-hydrogen) atoms. The van der Waals surface area contributed by atoms with E-state index in [0.717, 1.165) is 0 Å². The summed E-state index contributed by atoms with van der Waals surface area (Å²) in [5, 5.41) is 8.02. The number of pyridine rings is 1. The van der Waals surface area contributed by atoms with Crippen LogP contribution in [0.15, 0.2) is 12.3 Å². The van der Waals surface area contributed by atoms with Crippen molar-refractivity contribution < 1.29 is 14.1 Å². The third-order valence-corrected chi connectivity index (χ3v) is 1.29. The fourth-order valence-corrected chi connectivity index (χ4v) is 0.732. The summed E-state index contributed by atoms with van der Waals surface area (Å²) in [4.78, 5) is 3.45. The zero-order chi connectivity index (χ0) is 8.27. The summed E-state index contributed by atoms with van der Waals surface area (Å²) in [5.74, 6) is -0.865. The second-order valence-corrected chi connectivity index (χ2v) is 2.05. The molecular weight excluding hydrogens is 171 g/mol. The molecule has 0 unspecified atom stereocenters. The standard InChI is InChI=1S/C5H4BClFNO2/c7-5-4(8)3(11-6-10)1-2-9-5/h1-2,6,10H. The Bertz CT molecular complexity index is 260. The molecule has 0 aliphatic rings. The normalized spacial score (nSPS) is 9.36. The molecular formula is C5H4BClFNO2. The lowest BCUT2D eigenvalue weighted by Crippen LogP contribution is -2.02. The van der Waals surface area contributed by atoms with Crippen LogP contribution in [0.25, 0.3) is 0 Å². The first kappa shape index (κ1) is 8.29. The molecule has 1 heterocycles. The third-order valence-electron chi connectivity index (χ3n) is 1.03. The van der Waals surface area contributed by atoms with Crippen molar-refractivity contribution in [2.75, 3.05) is 0 Å². The molecule has 1 rings (SSSR count). The van der Waals surface area contributed by atoms with E-state index in [9.17, 15) is 4.39 Å². The average Bonchev–Trinajstić information content (AvgIpc) is 1.99. The molecule has 1 aromatic rings. The second-order valence-electron chi connectivity index (χ2n) is 1.69. The lowest BCUT2D eigenvalue weighted by atomic mass is 10.3. The monoisotopic (exact) mass is 175 g/mol. The van der Waals surface area contributed by atoms with Crippen LogP contribution in [0.4, 0.5) is 4.39 Å². The molecule has 1 aromatic heterocycles. The highest BCUT2D eigenvalue weighted by Crippen LogP contribution is 2.20. The Morgan fingerprint density at radius 2 is 2.45 bits per heavy atom. The van der Waals surface area contributed by atoms with Crippen LogP contribution in [0.1, 0.15) is 0 Å². The molecule has 0 amide bonds. The molecule has 0 radical (unpaired) electrons. The first-order valence-electron chi connectivity index (χ1n) is 2.79. The molecule has 0 fully saturated rings. The summed E-state index contributed by atoms with van der Waals surface area (Å²) >= 11 is 5.30. The van der Waals surface area contributed by atoms with E-state index in [1.807, 2.05) is 0 Å². The van der Waals surface area contributed by atoms with Crippen LogP contribution in [0, 0.1) is 5.82 Å². The second kappa shape index (κ2) is 3.55. The van der Waals surface area contributed by atoms with Crippen LogP contribution in [-0.4, -0.2) is 17.7 Å². The van der Waals surface area contributed by atoms with Gasteiger partial charge in [0.1, 0.15) is 5.75 Å². The van der Waals surface area contributed by atoms with E-state index in [2.05, 4.69) is 9.64 Å². The summed E-state index contributed by atoms with van der Waals surface area (Å²) < 4.78 is 17.2. The smallest absolute Gasteiger partial charge is 0.504 e. The van der Waals surface area contributed by atoms with E-state index in [4.69, 9.17) is 16.6 Å². The quantitative estimate of drug-likeness (QED) is 0.526. The van der Waals surface area contributed by atoms with Crippen LogP contribution in [0.5, 0.6) is 5.75 Å². The maximum absolute atomic E-state index is 12.8. The van der Waals surface area contributed by atoms with Gasteiger partial charge in [-0.2, -0.15) is 4.39 Å². The van der Waals surface area contributed by atoms with E-state index < -0.39 is 13.5 Å². The minimum absolute atomic E-state index is 0.104. The summed E-state index contributed by atoms with van der Waals surface area (Å²) in [6.45, 7) is 0. The summed E-state index contributed by atoms with van der Waals surface area (Å²) in [5.41, 5.74) is 0. The average molecular weight is 175 g/mol. The topological polar surface area (TPSA) is 42.4 Å². The Morgan fingerprint density at radius 3 is 3.09 bits per heavy atom. The highest BCUT2D eigenvalue weighted by atomic mass is 35.5. The third kappa shape index (κ3) is 1.81.